The van der Waals surface area contributed by atoms with Crippen molar-refractivity contribution in [3.05, 3.63) is 65.8 Å². The second kappa shape index (κ2) is 11.9. The third-order valence-corrected chi connectivity index (χ3v) is 5.85. The van der Waals surface area contributed by atoms with Gasteiger partial charge in [0.1, 0.15) is 11.9 Å². The minimum absolute atomic E-state index is 0.135. The number of aliphatic hydroxyl groups excluding tert-OH is 1. The highest BCUT2D eigenvalue weighted by molar-refractivity contribution is 5.90. The molecule has 0 saturated heterocycles. The maximum Gasteiger partial charge on any atom is 0.331 e. The Labute approximate surface area is 191 Å². The second-order valence-corrected chi connectivity index (χ2v) is 9.14. The summed E-state index contributed by atoms with van der Waals surface area (Å²) in [4.78, 5) is 25.6. The van der Waals surface area contributed by atoms with Gasteiger partial charge in [0.15, 0.2) is 0 Å². The van der Waals surface area contributed by atoms with E-state index in [4.69, 9.17) is 9.47 Å². The van der Waals surface area contributed by atoms with Gasteiger partial charge in [-0.1, -0.05) is 68.5 Å². The molecule has 0 aliphatic carbocycles. The van der Waals surface area contributed by atoms with E-state index in [2.05, 4.69) is 0 Å². The number of allylic oxidation sites excluding steroid dienone is 1. The number of hydrogen-bond acceptors (Lipinski definition) is 5. The van der Waals surface area contributed by atoms with Crippen LogP contribution in [-0.4, -0.2) is 42.3 Å². The van der Waals surface area contributed by atoms with Gasteiger partial charge in [0.25, 0.3) is 0 Å². The van der Waals surface area contributed by atoms with Gasteiger partial charge in [-0.05, 0) is 31.9 Å². The highest BCUT2D eigenvalue weighted by atomic mass is 16.5. The minimum Gasteiger partial charge on any atom is -0.454 e. The third-order valence-electron chi connectivity index (χ3n) is 5.85. The summed E-state index contributed by atoms with van der Waals surface area (Å²) < 4.78 is 11.4. The molecular formula is C27H36O5. The van der Waals surface area contributed by atoms with Gasteiger partial charge in [0.2, 0.25) is 0 Å². The van der Waals surface area contributed by atoms with Gasteiger partial charge in [-0.15, -0.1) is 0 Å². The maximum atomic E-state index is 13.0. The van der Waals surface area contributed by atoms with Crippen molar-refractivity contribution in [2.45, 2.75) is 53.2 Å². The molecule has 5 nitrogen and oxygen atoms in total. The molecule has 2 rings (SSSR count). The smallest absolute Gasteiger partial charge is 0.331 e. The molecule has 0 saturated carbocycles. The first kappa shape index (κ1) is 25.8. The molecule has 32 heavy (non-hydrogen) atoms. The van der Waals surface area contributed by atoms with Gasteiger partial charge in [-0.2, -0.15) is 0 Å². The molecule has 4 atom stereocenters. The van der Waals surface area contributed by atoms with Gasteiger partial charge in [-0.25, -0.2) is 4.79 Å². The summed E-state index contributed by atoms with van der Waals surface area (Å²) in [5.41, 5.74) is 1.04. The standard InChI is InChI=1S/C27H36O5/c1-19(17-22-11-7-6-8-12-22)23-13-9-10-16-31-18-20(2)25(29)21(3)26(30)27(4,5)15-14-24(28)32-23/h6-12,14-15,17,20-21,23,25,29H,13,16,18H2,1-5H3/b10-9+,15-14+,19-17+/t20-,21+,23+,25-/m0/s1. The number of cyclic esters (lactones) is 1. The fourth-order valence-electron chi connectivity index (χ4n) is 3.71. The van der Waals surface area contributed by atoms with Gasteiger partial charge >= 0.3 is 5.97 Å². The molecule has 1 aliphatic heterocycles. The zero-order valence-electron chi connectivity index (χ0n) is 19.8. The molecule has 1 aromatic carbocycles. The van der Waals surface area contributed by atoms with Crippen LogP contribution in [0.2, 0.25) is 0 Å². The molecule has 174 valence electrons. The Bertz CT molecular complexity index is 850. The van der Waals surface area contributed by atoms with Crippen LogP contribution >= 0.6 is 0 Å². The number of rotatable bonds is 2. The lowest BCUT2D eigenvalue weighted by atomic mass is 9.77. The average molecular weight is 441 g/mol. The summed E-state index contributed by atoms with van der Waals surface area (Å²) in [6.45, 7) is 9.75. The largest absolute Gasteiger partial charge is 0.454 e. The van der Waals surface area contributed by atoms with Crippen molar-refractivity contribution in [3.63, 3.8) is 0 Å². The minimum atomic E-state index is -0.915. The monoisotopic (exact) mass is 440 g/mol. The van der Waals surface area contributed by atoms with E-state index in [1.807, 2.05) is 62.4 Å². The summed E-state index contributed by atoms with van der Waals surface area (Å²) in [5, 5.41) is 10.6. The molecule has 0 amide bonds. The van der Waals surface area contributed by atoms with E-state index in [-0.39, 0.29) is 11.7 Å². The number of esters is 1. The van der Waals surface area contributed by atoms with Crippen LogP contribution in [0.5, 0.6) is 0 Å². The predicted molar refractivity (Wildman–Crippen MR) is 127 cm³/mol. The lowest BCUT2D eigenvalue weighted by molar-refractivity contribution is -0.141. The fraction of sp³-hybridized carbons (Fsp3) is 0.481. The number of ketones is 1. The summed E-state index contributed by atoms with van der Waals surface area (Å²) >= 11 is 0. The van der Waals surface area contributed by atoms with E-state index in [1.54, 1.807) is 26.8 Å². The fourth-order valence-corrected chi connectivity index (χ4v) is 3.71. The maximum absolute atomic E-state index is 13.0. The van der Waals surface area contributed by atoms with E-state index in [9.17, 15) is 14.7 Å². The number of hydrogen-bond donors (Lipinski definition) is 1. The van der Waals surface area contributed by atoms with Crippen molar-refractivity contribution < 1.29 is 24.2 Å². The van der Waals surface area contributed by atoms with Gasteiger partial charge < -0.3 is 14.6 Å². The van der Waals surface area contributed by atoms with E-state index < -0.39 is 29.5 Å². The summed E-state index contributed by atoms with van der Waals surface area (Å²) in [6.07, 6.45) is 7.96. The Morgan fingerprint density at radius 3 is 2.50 bits per heavy atom. The van der Waals surface area contributed by atoms with Crippen molar-refractivity contribution in [2.24, 2.45) is 17.3 Å². The Balaban J connectivity index is 2.28. The van der Waals surface area contributed by atoms with Crippen LogP contribution in [0.3, 0.4) is 0 Å². The molecule has 0 aromatic heterocycles. The van der Waals surface area contributed by atoms with Crippen LogP contribution in [0.25, 0.3) is 6.08 Å². The predicted octanol–water partition coefficient (Wildman–Crippen LogP) is 4.76. The van der Waals surface area contributed by atoms with Gasteiger partial charge in [0.05, 0.1) is 19.3 Å². The van der Waals surface area contributed by atoms with E-state index >= 15 is 0 Å². The van der Waals surface area contributed by atoms with E-state index in [0.29, 0.717) is 19.6 Å². The molecule has 0 radical (unpaired) electrons. The first-order valence-corrected chi connectivity index (χ1v) is 11.2. The zero-order chi connectivity index (χ0) is 23.7. The third kappa shape index (κ3) is 7.57. The summed E-state index contributed by atoms with van der Waals surface area (Å²) in [7, 11) is 0. The normalized spacial score (nSPS) is 30.4. The van der Waals surface area contributed by atoms with Crippen LogP contribution in [0.15, 0.2) is 60.2 Å². The SMILES string of the molecule is C/C(=C\c1ccccc1)[C@H]1C/C=C/COC[C@H](C)[C@H](O)[C@@H](C)C(=O)C(C)(C)/C=C/C(=O)O1. The average Bonchev–Trinajstić information content (AvgIpc) is 2.77. The Hall–Kier alpha value is -2.50. The first-order chi connectivity index (χ1) is 15.1. The topological polar surface area (TPSA) is 72.8 Å². The Morgan fingerprint density at radius 2 is 1.81 bits per heavy atom. The van der Waals surface area contributed by atoms with Crippen LogP contribution in [0.1, 0.15) is 46.6 Å². The second-order valence-electron chi connectivity index (χ2n) is 9.14. The molecule has 1 heterocycles. The molecule has 5 heteroatoms. The lowest BCUT2D eigenvalue weighted by Crippen LogP contribution is -2.39. The number of Topliss-reactive ketones (excluding diaryl/α,β-unsaturated/α-hetero) is 1. The molecule has 0 unspecified atom stereocenters. The van der Waals surface area contributed by atoms with Crippen molar-refractivity contribution in [1.82, 2.24) is 0 Å². The van der Waals surface area contributed by atoms with Gasteiger partial charge in [-0.3, -0.25) is 4.79 Å². The number of aliphatic hydroxyl groups is 1. The van der Waals surface area contributed by atoms with E-state index in [1.165, 1.54) is 6.08 Å². The molecule has 0 bridgehead atoms. The molecule has 1 N–H and O–H groups in total. The molecular weight excluding hydrogens is 404 g/mol. The zero-order valence-corrected chi connectivity index (χ0v) is 19.8. The lowest BCUT2D eigenvalue weighted by Gasteiger charge is -2.29. The molecule has 0 spiro atoms. The van der Waals surface area contributed by atoms with Crippen LogP contribution in [-0.2, 0) is 19.1 Å². The number of carbonyl (C=O) groups is 2. The van der Waals surface area contributed by atoms with Crippen LogP contribution < -0.4 is 0 Å². The Kier molecular flexibility index (Phi) is 9.60. The number of carbonyl (C=O) groups excluding carboxylic acids is 2. The number of benzene rings is 1. The summed E-state index contributed by atoms with van der Waals surface area (Å²) in [6, 6.07) is 9.87. The summed E-state index contributed by atoms with van der Waals surface area (Å²) in [5.74, 6) is -1.42. The van der Waals surface area contributed by atoms with Crippen molar-refractivity contribution in [2.75, 3.05) is 13.2 Å². The number of ether oxygens (including phenoxy) is 2. The molecule has 0 fully saturated rings. The first-order valence-electron chi connectivity index (χ1n) is 11.2. The van der Waals surface area contributed by atoms with Crippen molar-refractivity contribution >= 4 is 17.8 Å². The van der Waals surface area contributed by atoms with Crippen LogP contribution in [0, 0.1) is 17.3 Å². The Morgan fingerprint density at radius 1 is 1.12 bits per heavy atom. The van der Waals surface area contributed by atoms with Gasteiger partial charge in [0, 0.05) is 29.7 Å². The highest BCUT2D eigenvalue weighted by Gasteiger charge is 2.35. The molecule has 1 aromatic rings. The molecule has 1 aliphatic rings. The van der Waals surface area contributed by atoms with Crippen molar-refractivity contribution in [1.29, 1.82) is 0 Å². The van der Waals surface area contributed by atoms with Crippen LogP contribution in [0.4, 0.5) is 0 Å². The van der Waals surface area contributed by atoms with Crippen molar-refractivity contribution in [3.8, 4) is 0 Å². The van der Waals surface area contributed by atoms with E-state index in [0.717, 1.165) is 11.1 Å². The quantitative estimate of drug-likeness (QED) is 0.530. The highest BCUT2D eigenvalue weighted by Crippen LogP contribution is 2.27.